The van der Waals surface area contributed by atoms with Gasteiger partial charge < -0.3 is 23.8 Å². The lowest BCUT2D eigenvalue weighted by atomic mass is 10.0. The minimum absolute atomic E-state index is 0.0427. The van der Waals surface area contributed by atoms with Crippen molar-refractivity contribution in [3.63, 3.8) is 0 Å². The molecule has 0 aliphatic heterocycles. The lowest BCUT2D eigenvalue weighted by Gasteiger charge is -2.31. The summed E-state index contributed by atoms with van der Waals surface area (Å²) in [6.07, 6.45) is 32.9. The smallest absolute Gasteiger partial charge is 0.362 e. The van der Waals surface area contributed by atoms with Crippen LogP contribution in [0.1, 0.15) is 200 Å². The highest BCUT2D eigenvalue weighted by Crippen LogP contribution is 2.16. The van der Waals surface area contributed by atoms with Crippen LogP contribution in [0, 0.1) is 0 Å². The van der Waals surface area contributed by atoms with Crippen LogP contribution in [-0.2, 0) is 28.6 Å². The van der Waals surface area contributed by atoms with Crippen LogP contribution in [0.3, 0.4) is 0 Å². The first-order valence-electron chi connectivity index (χ1n) is 21.1. The molecule has 1 N–H and O–H groups in total. The van der Waals surface area contributed by atoms with Crippen LogP contribution in [0.25, 0.3) is 0 Å². The van der Waals surface area contributed by atoms with E-state index in [0.717, 1.165) is 38.5 Å². The van der Waals surface area contributed by atoms with Crippen LogP contribution >= 0.6 is 0 Å². The zero-order valence-electron chi connectivity index (χ0n) is 33.6. The molecule has 0 aliphatic rings. The summed E-state index contributed by atoms with van der Waals surface area (Å²) in [5, 5.41) is 9.58. The molecule has 8 heteroatoms. The third-order valence-corrected chi connectivity index (χ3v) is 9.76. The second-order valence-electron chi connectivity index (χ2n) is 15.6. The SMILES string of the molecule is CCCCCCCCCCCCCCCCCCCC(=O)OCC(COCCC(C(=O)O)[N+](C)(C)C)OC(=O)CCCCCCCCCCC. The van der Waals surface area contributed by atoms with E-state index in [0.29, 0.717) is 19.3 Å². The number of quaternary nitrogens is 1. The number of unbranched alkanes of at least 4 members (excludes halogenated alkanes) is 24. The predicted molar refractivity (Wildman–Crippen MR) is 206 cm³/mol. The second-order valence-corrected chi connectivity index (χ2v) is 15.6. The molecule has 2 atom stereocenters. The van der Waals surface area contributed by atoms with Crippen molar-refractivity contribution in [2.45, 2.75) is 212 Å². The van der Waals surface area contributed by atoms with E-state index in [2.05, 4.69) is 13.8 Å². The zero-order valence-corrected chi connectivity index (χ0v) is 33.6. The second kappa shape index (κ2) is 34.4. The summed E-state index contributed by atoms with van der Waals surface area (Å²) in [5.41, 5.74) is 0. The van der Waals surface area contributed by atoms with Crippen molar-refractivity contribution in [3.8, 4) is 0 Å². The Morgan fingerprint density at radius 2 is 0.880 bits per heavy atom. The summed E-state index contributed by atoms with van der Waals surface area (Å²) in [4.78, 5) is 36.8. The monoisotopic (exact) mass is 713 g/mol. The number of hydrogen-bond donors (Lipinski definition) is 1. The van der Waals surface area contributed by atoms with E-state index in [1.165, 1.54) is 128 Å². The molecule has 0 fully saturated rings. The molecule has 0 saturated heterocycles. The van der Waals surface area contributed by atoms with Crippen molar-refractivity contribution in [1.82, 2.24) is 0 Å². The van der Waals surface area contributed by atoms with Crippen molar-refractivity contribution >= 4 is 17.9 Å². The topological polar surface area (TPSA) is 99.1 Å². The summed E-state index contributed by atoms with van der Waals surface area (Å²) in [6.45, 7) is 4.74. The van der Waals surface area contributed by atoms with Crippen LogP contribution in [-0.4, -0.2) is 80.6 Å². The summed E-state index contributed by atoms with van der Waals surface area (Å²) in [5.74, 6) is -1.45. The van der Waals surface area contributed by atoms with Crippen LogP contribution in [0.2, 0.25) is 0 Å². The maximum absolute atomic E-state index is 12.6. The Balaban J connectivity index is 4.24. The van der Waals surface area contributed by atoms with Gasteiger partial charge in [-0.2, -0.15) is 0 Å². The van der Waals surface area contributed by atoms with E-state index in [-0.39, 0.29) is 36.2 Å². The Kier molecular flexibility index (Phi) is 33.3. The van der Waals surface area contributed by atoms with Gasteiger partial charge in [0, 0.05) is 19.3 Å². The first-order valence-corrected chi connectivity index (χ1v) is 21.1. The molecule has 0 rings (SSSR count). The number of nitrogens with zero attached hydrogens (tertiary/aromatic N) is 1. The molecule has 0 saturated carbocycles. The van der Waals surface area contributed by atoms with Gasteiger partial charge in [-0.05, 0) is 12.8 Å². The van der Waals surface area contributed by atoms with Crippen LogP contribution in [0.4, 0.5) is 0 Å². The molecule has 0 heterocycles. The Bertz CT molecular complexity index is 797. The van der Waals surface area contributed by atoms with Crippen molar-refractivity contribution in [3.05, 3.63) is 0 Å². The Morgan fingerprint density at radius 1 is 0.520 bits per heavy atom. The molecular formula is C42H82NO7+. The summed E-state index contributed by atoms with van der Waals surface area (Å²) in [6, 6.07) is -0.606. The molecule has 50 heavy (non-hydrogen) atoms. The van der Waals surface area contributed by atoms with Gasteiger partial charge in [-0.1, -0.05) is 168 Å². The predicted octanol–water partition coefficient (Wildman–Crippen LogP) is 11.0. The van der Waals surface area contributed by atoms with Gasteiger partial charge in [0.25, 0.3) is 0 Å². The van der Waals surface area contributed by atoms with Crippen LogP contribution in [0.5, 0.6) is 0 Å². The lowest BCUT2D eigenvalue weighted by Crippen LogP contribution is -2.50. The average Bonchev–Trinajstić information content (AvgIpc) is 3.06. The minimum atomic E-state index is -0.872. The molecule has 0 aliphatic carbocycles. The molecule has 0 aromatic heterocycles. The molecule has 0 spiro atoms. The number of carbonyl (C=O) groups is 3. The molecule has 0 aromatic carbocycles. The standard InChI is InChI=1S/C42H81NO7/c1-6-8-10-12-14-16-17-18-19-20-21-22-23-25-26-28-30-32-40(44)49-37-38(36-48-35-34-39(42(46)47)43(3,4)5)50-41(45)33-31-29-27-24-15-13-11-9-7-2/h38-39H,6-37H2,1-5H3/p+1. The van der Waals surface area contributed by atoms with E-state index < -0.39 is 18.1 Å². The van der Waals surface area contributed by atoms with Gasteiger partial charge in [0.2, 0.25) is 0 Å². The van der Waals surface area contributed by atoms with Crippen molar-refractivity contribution < 1.29 is 38.2 Å². The van der Waals surface area contributed by atoms with Crippen molar-refractivity contribution in [1.29, 1.82) is 0 Å². The largest absolute Gasteiger partial charge is 0.477 e. The quantitative estimate of drug-likeness (QED) is 0.0386. The molecule has 8 nitrogen and oxygen atoms in total. The fourth-order valence-corrected chi connectivity index (χ4v) is 6.45. The third-order valence-electron chi connectivity index (χ3n) is 9.76. The highest BCUT2D eigenvalue weighted by atomic mass is 16.6. The Hall–Kier alpha value is -1.67. The van der Waals surface area contributed by atoms with E-state index in [4.69, 9.17) is 14.2 Å². The number of carbonyl (C=O) groups excluding carboxylic acids is 2. The number of hydrogen-bond acceptors (Lipinski definition) is 6. The van der Waals surface area contributed by atoms with Crippen LogP contribution < -0.4 is 0 Å². The van der Waals surface area contributed by atoms with Gasteiger partial charge in [0.15, 0.2) is 12.1 Å². The highest BCUT2D eigenvalue weighted by Gasteiger charge is 2.31. The minimum Gasteiger partial charge on any atom is -0.477 e. The number of rotatable bonds is 38. The number of carboxylic acids is 1. The molecule has 0 radical (unpaired) electrons. The number of ether oxygens (including phenoxy) is 3. The summed E-state index contributed by atoms with van der Waals surface area (Å²) < 4.78 is 17.2. The van der Waals surface area contributed by atoms with Crippen molar-refractivity contribution in [2.75, 3.05) is 41.0 Å². The van der Waals surface area contributed by atoms with Gasteiger partial charge >= 0.3 is 17.9 Å². The van der Waals surface area contributed by atoms with E-state index >= 15 is 0 Å². The number of aliphatic carboxylic acids is 1. The number of carboxylic acid groups (broad SMARTS) is 1. The summed E-state index contributed by atoms with van der Waals surface area (Å²) in [7, 11) is 5.53. The number of likely N-dealkylation sites (N-methyl/N-ethyl adjacent to an activating group) is 1. The normalized spacial score (nSPS) is 12.9. The third kappa shape index (κ3) is 32.3. The first-order chi connectivity index (χ1) is 24.1. The molecule has 0 aromatic rings. The first kappa shape index (κ1) is 48.3. The van der Waals surface area contributed by atoms with Crippen molar-refractivity contribution in [2.24, 2.45) is 0 Å². The maximum atomic E-state index is 12.6. The van der Waals surface area contributed by atoms with E-state index in [1.54, 1.807) is 0 Å². The molecule has 0 amide bonds. The van der Waals surface area contributed by atoms with Gasteiger partial charge in [-0.3, -0.25) is 9.59 Å². The molecular weight excluding hydrogens is 630 g/mol. The zero-order chi connectivity index (χ0) is 37.1. The van der Waals surface area contributed by atoms with Gasteiger partial charge in [-0.15, -0.1) is 0 Å². The number of esters is 2. The fourth-order valence-electron chi connectivity index (χ4n) is 6.45. The molecule has 0 bridgehead atoms. The molecule has 2 unspecified atom stereocenters. The van der Waals surface area contributed by atoms with Gasteiger partial charge in [-0.25, -0.2) is 4.79 Å². The van der Waals surface area contributed by atoms with E-state index in [9.17, 15) is 19.5 Å². The van der Waals surface area contributed by atoms with Crippen LogP contribution in [0.15, 0.2) is 0 Å². The maximum Gasteiger partial charge on any atom is 0.362 e. The van der Waals surface area contributed by atoms with Gasteiger partial charge in [0.05, 0.1) is 34.4 Å². The lowest BCUT2D eigenvalue weighted by molar-refractivity contribution is -0.887. The Labute approximate surface area is 308 Å². The molecule has 296 valence electrons. The highest BCUT2D eigenvalue weighted by molar-refractivity contribution is 5.72. The van der Waals surface area contributed by atoms with Gasteiger partial charge in [0.1, 0.15) is 6.61 Å². The summed E-state index contributed by atoms with van der Waals surface area (Å²) >= 11 is 0. The van der Waals surface area contributed by atoms with E-state index in [1.807, 2.05) is 21.1 Å². The average molecular weight is 713 g/mol. The fraction of sp³-hybridized carbons (Fsp3) is 0.929. The Morgan fingerprint density at radius 3 is 1.24 bits per heavy atom.